The van der Waals surface area contributed by atoms with Crippen LogP contribution in [0, 0.1) is 5.92 Å². The molecule has 0 bridgehead atoms. The lowest BCUT2D eigenvalue weighted by Crippen LogP contribution is -2.50. The average Bonchev–Trinajstić information content (AvgIpc) is 2.26. The molecular weight excluding hydrogens is 208 g/mol. The van der Waals surface area contributed by atoms with E-state index in [-0.39, 0.29) is 11.9 Å². The van der Waals surface area contributed by atoms with Gasteiger partial charge in [0.05, 0.1) is 0 Å². The average molecular weight is 230 g/mol. The minimum atomic E-state index is -0.977. The SMILES string of the molecule is CCC(C)[C@H](NC(=O)N(CC)CC)C(=O)O. The van der Waals surface area contributed by atoms with Gasteiger partial charge in [0.15, 0.2) is 0 Å². The quantitative estimate of drug-likeness (QED) is 0.727. The number of urea groups is 1. The Hall–Kier alpha value is -1.26. The van der Waals surface area contributed by atoms with Crippen molar-refractivity contribution in [2.75, 3.05) is 13.1 Å². The molecule has 0 rings (SSSR count). The van der Waals surface area contributed by atoms with Gasteiger partial charge >= 0.3 is 12.0 Å². The van der Waals surface area contributed by atoms with Crippen molar-refractivity contribution in [1.29, 1.82) is 0 Å². The highest BCUT2D eigenvalue weighted by Crippen LogP contribution is 2.08. The van der Waals surface area contributed by atoms with Crippen LogP contribution in [0.2, 0.25) is 0 Å². The van der Waals surface area contributed by atoms with Crippen molar-refractivity contribution in [3.8, 4) is 0 Å². The minimum absolute atomic E-state index is 0.0722. The van der Waals surface area contributed by atoms with Crippen molar-refractivity contribution in [1.82, 2.24) is 10.2 Å². The summed E-state index contributed by atoms with van der Waals surface area (Å²) < 4.78 is 0. The lowest BCUT2D eigenvalue weighted by molar-refractivity contribution is -0.140. The van der Waals surface area contributed by atoms with Crippen molar-refractivity contribution < 1.29 is 14.7 Å². The summed E-state index contributed by atoms with van der Waals surface area (Å²) in [6, 6.07) is -1.12. The molecule has 0 aliphatic carbocycles. The van der Waals surface area contributed by atoms with Gasteiger partial charge in [0.1, 0.15) is 6.04 Å². The number of aliphatic carboxylic acids is 1. The first-order chi connectivity index (χ1) is 7.47. The van der Waals surface area contributed by atoms with Crippen LogP contribution < -0.4 is 5.32 Å². The summed E-state index contributed by atoms with van der Waals surface area (Å²) in [5, 5.41) is 11.6. The predicted octanol–water partition coefficient (Wildman–Crippen LogP) is 1.54. The normalized spacial score (nSPS) is 14.0. The van der Waals surface area contributed by atoms with Crippen LogP contribution in [0.5, 0.6) is 0 Å². The fourth-order valence-electron chi connectivity index (χ4n) is 1.42. The first-order valence-electron chi connectivity index (χ1n) is 5.76. The Labute approximate surface area is 96.8 Å². The third-order valence-corrected chi connectivity index (χ3v) is 2.81. The zero-order chi connectivity index (χ0) is 12.7. The van der Waals surface area contributed by atoms with Crippen molar-refractivity contribution in [3.05, 3.63) is 0 Å². The first kappa shape index (κ1) is 14.7. The monoisotopic (exact) mass is 230 g/mol. The molecular formula is C11H22N2O3. The highest BCUT2D eigenvalue weighted by Gasteiger charge is 2.26. The summed E-state index contributed by atoms with van der Waals surface area (Å²) in [7, 11) is 0. The maximum Gasteiger partial charge on any atom is 0.326 e. The maximum atomic E-state index is 11.7. The molecule has 0 aromatic rings. The second-order valence-electron chi connectivity index (χ2n) is 3.82. The second-order valence-corrected chi connectivity index (χ2v) is 3.82. The second kappa shape index (κ2) is 7.09. The number of hydrogen-bond acceptors (Lipinski definition) is 2. The molecule has 2 N–H and O–H groups in total. The number of nitrogens with zero attached hydrogens (tertiary/aromatic N) is 1. The highest BCUT2D eigenvalue weighted by molar-refractivity contribution is 5.82. The topological polar surface area (TPSA) is 69.6 Å². The van der Waals surface area contributed by atoms with Crippen LogP contribution in [-0.2, 0) is 4.79 Å². The molecule has 0 spiro atoms. The van der Waals surface area contributed by atoms with Gasteiger partial charge in [0.2, 0.25) is 0 Å². The van der Waals surface area contributed by atoms with Gasteiger partial charge < -0.3 is 15.3 Å². The molecule has 16 heavy (non-hydrogen) atoms. The van der Waals surface area contributed by atoms with Gasteiger partial charge in [-0.15, -0.1) is 0 Å². The van der Waals surface area contributed by atoms with Gasteiger partial charge in [-0.2, -0.15) is 0 Å². The number of carbonyl (C=O) groups excluding carboxylic acids is 1. The Balaban J connectivity index is 4.51. The van der Waals surface area contributed by atoms with Gasteiger partial charge in [-0.3, -0.25) is 0 Å². The molecule has 0 heterocycles. The zero-order valence-corrected chi connectivity index (χ0v) is 10.5. The standard InChI is InChI=1S/C11H22N2O3/c1-5-8(4)9(10(14)15)12-11(16)13(6-2)7-3/h8-9H,5-7H2,1-4H3,(H,12,16)(H,14,15)/t8?,9-/m0/s1. The lowest BCUT2D eigenvalue weighted by atomic mass is 9.99. The van der Waals surface area contributed by atoms with Gasteiger partial charge in [-0.1, -0.05) is 20.3 Å². The van der Waals surface area contributed by atoms with Crippen LogP contribution in [0.3, 0.4) is 0 Å². The Kier molecular flexibility index (Phi) is 6.53. The van der Waals surface area contributed by atoms with E-state index in [4.69, 9.17) is 5.11 Å². The third kappa shape index (κ3) is 4.08. The molecule has 5 nitrogen and oxygen atoms in total. The van der Waals surface area contributed by atoms with Crippen molar-refractivity contribution in [2.45, 2.75) is 40.2 Å². The van der Waals surface area contributed by atoms with Gasteiger partial charge in [-0.05, 0) is 19.8 Å². The van der Waals surface area contributed by atoms with E-state index in [0.29, 0.717) is 13.1 Å². The number of rotatable bonds is 6. The first-order valence-corrected chi connectivity index (χ1v) is 5.76. The van der Waals surface area contributed by atoms with Crippen LogP contribution in [-0.4, -0.2) is 41.1 Å². The summed E-state index contributed by atoms with van der Waals surface area (Å²) in [4.78, 5) is 24.3. The highest BCUT2D eigenvalue weighted by atomic mass is 16.4. The predicted molar refractivity (Wildman–Crippen MR) is 62.3 cm³/mol. The molecule has 2 amide bonds. The zero-order valence-electron chi connectivity index (χ0n) is 10.5. The number of carboxylic acids is 1. The molecule has 94 valence electrons. The molecule has 0 aliphatic rings. The van der Waals surface area contributed by atoms with Gasteiger partial charge in [0.25, 0.3) is 0 Å². The molecule has 1 unspecified atom stereocenters. The number of carboxylic acid groups (broad SMARTS) is 1. The Morgan fingerprint density at radius 2 is 1.75 bits per heavy atom. The van der Waals surface area contributed by atoms with Crippen LogP contribution in [0.1, 0.15) is 34.1 Å². The summed E-state index contributed by atoms with van der Waals surface area (Å²) >= 11 is 0. The molecule has 0 aromatic heterocycles. The third-order valence-electron chi connectivity index (χ3n) is 2.81. The fourth-order valence-corrected chi connectivity index (χ4v) is 1.42. The summed E-state index contributed by atoms with van der Waals surface area (Å²) in [5.74, 6) is -1.05. The minimum Gasteiger partial charge on any atom is -0.480 e. The van der Waals surface area contributed by atoms with Crippen molar-refractivity contribution in [2.24, 2.45) is 5.92 Å². The van der Waals surface area contributed by atoms with Crippen LogP contribution >= 0.6 is 0 Å². The Morgan fingerprint density at radius 1 is 1.25 bits per heavy atom. The van der Waals surface area contributed by atoms with E-state index in [9.17, 15) is 9.59 Å². The van der Waals surface area contributed by atoms with E-state index in [0.717, 1.165) is 6.42 Å². The summed E-state index contributed by atoms with van der Waals surface area (Å²) in [5.41, 5.74) is 0. The van der Waals surface area contributed by atoms with E-state index in [2.05, 4.69) is 5.32 Å². The number of hydrogen-bond donors (Lipinski definition) is 2. The van der Waals surface area contributed by atoms with Crippen LogP contribution in [0.4, 0.5) is 4.79 Å². The molecule has 0 saturated heterocycles. The van der Waals surface area contributed by atoms with E-state index >= 15 is 0 Å². The van der Waals surface area contributed by atoms with Gasteiger partial charge in [-0.25, -0.2) is 9.59 Å². The molecule has 0 saturated carbocycles. The lowest BCUT2D eigenvalue weighted by Gasteiger charge is -2.25. The molecule has 0 aromatic carbocycles. The van der Waals surface area contributed by atoms with Gasteiger partial charge in [0, 0.05) is 13.1 Å². The number of carbonyl (C=O) groups is 2. The van der Waals surface area contributed by atoms with E-state index in [1.54, 1.807) is 4.90 Å². The van der Waals surface area contributed by atoms with Crippen molar-refractivity contribution in [3.63, 3.8) is 0 Å². The Bertz CT molecular complexity index is 239. The number of nitrogens with one attached hydrogen (secondary N) is 1. The van der Waals surface area contributed by atoms with E-state index < -0.39 is 12.0 Å². The largest absolute Gasteiger partial charge is 0.480 e. The molecule has 0 aliphatic heterocycles. The Morgan fingerprint density at radius 3 is 2.06 bits per heavy atom. The molecule has 0 fully saturated rings. The molecule has 2 atom stereocenters. The van der Waals surface area contributed by atoms with Crippen molar-refractivity contribution >= 4 is 12.0 Å². The summed E-state index contributed by atoms with van der Waals surface area (Å²) in [6.45, 7) is 8.61. The fraction of sp³-hybridized carbons (Fsp3) is 0.818. The summed E-state index contributed by atoms with van der Waals surface area (Å²) in [6.07, 6.45) is 0.718. The van der Waals surface area contributed by atoms with E-state index in [1.807, 2.05) is 27.7 Å². The van der Waals surface area contributed by atoms with Crippen LogP contribution in [0.15, 0.2) is 0 Å². The number of amides is 2. The smallest absolute Gasteiger partial charge is 0.326 e. The van der Waals surface area contributed by atoms with E-state index in [1.165, 1.54) is 0 Å². The molecule has 0 radical (unpaired) electrons. The molecule has 5 heteroatoms. The maximum absolute atomic E-state index is 11.7. The van der Waals surface area contributed by atoms with Crippen LogP contribution in [0.25, 0.3) is 0 Å².